The zero-order valence-corrected chi connectivity index (χ0v) is 18.7. The summed E-state index contributed by atoms with van der Waals surface area (Å²) in [7, 11) is 3.12. The zero-order valence-electron chi connectivity index (χ0n) is 18.7. The van der Waals surface area contributed by atoms with Crippen LogP contribution in [-0.2, 0) is 6.54 Å². The standard InChI is InChI=1S/C23H23N5O6/c1-33-20-6-3-14(8-21(20)34-2)16-9-17(25-24-16)22(29)26-10-13-7-15(12-26)18-4-5-19(28(31)32)23(30)27(18)11-13/h3-6,8-9,13,15H,7,10-12H2,1-2H3,(H,24,25)/t13-,15+/m0/s1. The van der Waals surface area contributed by atoms with Crippen molar-refractivity contribution in [2.45, 2.75) is 18.9 Å². The van der Waals surface area contributed by atoms with Crippen LogP contribution in [0.3, 0.4) is 0 Å². The topological polar surface area (TPSA) is 133 Å². The molecular formula is C23H23N5O6. The molecule has 1 N–H and O–H groups in total. The predicted molar refractivity (Wildman–Crippen MR) is 121 cm³/mol. The molecule has 0 aliphatic carbocycles. The number of amides is 1. The maximum absolute atomic E-state index is 13.3. The average Bonchev–Trinajstić information content (AvgIpc) is 3.33. The summed E-state index contributed by atoms with van der Waals surface area (Å²) >= 11 is 0. The van der Waals surface area contributed by atoms with Crippen LogP contribution in [0.5, 0.6) is 11.5 Å². The summed E-state index contributed by atoms with van der Waals surface area (Å²) in [5, 5.41) is 18.3. The summed E-state index contributed by atoms with van der Waals surface area (Å²) in [5.74, 6) is 0.976. The lowest BCUT2D eigenvalue weighted by Gasteiger charge is -2.42. The van der Waals surface area contributed by atoms with E-state index in [1.807, 2.05) is 6.07 Å². The fourth-order valence-corrected chi connectivity index (χ4v) is 4.98. The third-order valence-corrected chi connectivity index (χ3v) is 6.56. The third kappa shape index (κ3) is 3.58. The molecule has 34 heavy (non-hydrogen) atoms. The second-order valence-electron chi connectivity index (χ2n) is 8.56. The minimum atomic E-state index is -0.649. The van der Waals surface area contributed by atoms with Crippen molar-refractivity contribution in [3.63, 3.8) is 0 Å². The Morgan fingerprint density at radius 2 is 1.91 bits per heavy atom. The van der Waals surface area contributed by atoms with Crippen molar-refractivity contribution in [2.75, 3.05) is 27.3 Å². The molecule has 11 heteroatoms. The molecule has 0 spiro atoms. The van der Waals surface area contributed by atoms with E-state index in [1.165, 1.54) is 10.6 Å². The number of likely N-dealkylation sites (tertiary alicyclic amines) is 1. The van der Waals surface area contributed by atoms with Gasteiger partial charge in [-0.25, -0.2) is 0 Å². The highest BCUT2D eigenvalue weighted by molar-refractivity contribution is 5.93. The van der Waals surface area contributed by atoms with Crippen molar-refractivity contribution in [3.8, 4) is 22.8 Å². The number of pyridine rings is 1. The number of carbonyl (C=O) groups excluding carboxylic acids is 1. The van der Waals surface area contributed by atoms with E-state index < -0.39 is 16.2 Å². The van der Waals surface area contributed by atoms with E-state index >= 15 is 0 Å². The van der Waals surface area contributed by atoms with Gasteiger partial charge in [0.2, 0.25) is 0 Å². The Bertz CT molecular complexity index is 1350. The van der Waals surface area contributed by atoms with E-state index in [1.54, 1.807) is 43.4 Å². The van der Waals surface area contributed by atoms with Crippen molar-refractivity contribution in [1.29, 1.82) is 0 Å². The van der Waals surface area contributed by atoms with E-state index in [2.05, 4.69) is 10.2 Å². The normalized spacial score (nSPS) is 18.8. The first-order valence-electron chi connectivity index (χ1n) is 10.8. The number of hydrogen-bond donors (Lipinski definition) is 1. The fourth-order valence-electron chi connectivity index (χ4n) is 4.98. The van der Waals surface area contributed by atoms with Gasteiger partial charge in [0, 0.05) is 42.9 Å². The molecule has 0 saturated carbocycles. The summed E-state index contributed by atoms with van der Waals surface area (Å²) in [6, 6.07) is 10.0. The molecule has 4 heterocycles. The Kier molecular flexibility index (Phi) is 5.31. The minimum Gasteiger partial charge on any atom is -0.493 e. The van der Waals surface area contributed by atoms with Crippen LogP contribution in [0.15, 0.2) is 41.2 Å². The summed E-state index contributed by atoms with van der Waals surface area (Å²) in [5.41, 5.74) is 1.48. The molecule has 1 saturated heterocycles. The largest absolute Gasteiger partial charge is 0.493 e. The van der Waals surface area contributed by atoms with Crippen molar-refractivity contribution < 1.29 is 19.2 Å². The maximum Gasteiger partial charge on any atom is 0.334 e. The second kappa shape index (κ2) is 8.32. The first-order valence-corrected chi connectivity index (χ1v) is 10.8. The molecule has 1 aromatic carbocycles. The first kappa shape index (κ1) is 21.7. The lowest BCUT2D eigenvalue weighted by molar-refractivity contribution is -0.386. The first-order chi connectivity index (χ1) is 16.4. The van der Waals surface area contributed by atoms with E-state index in [9.17, 15) is 19.7 Å². The lowest BCUT2D eigenvalue weighted by Crippen LogP contribution is -2.49. The number of carbonyl (C=O) groups is 1. The number of H-pyrrole nitrogens is 1. The number of methoxy groups -OCH3 is 2. The maximum atomic E-state index is 13.3. The van der Waals surface area contributed by atoms with E-state index in [4.69, 9.17) is 9.47 Å². The molecule has 176 valence electrons. The van der Waals surface area contributed by atoms with Crippen LogP contribution >= 0.6 is 0 Å². The second-order valence-corrected chi connectivity index (χ2v) is 8.56. The smallest absolute Gasteiger partial charge is 0.334 e. The molecule has 5 rings (SSSR count). The van der Waals surface area contributed by atoms with Gasteiger partial charge >= 0.3 is 11.2 Å². The molecule has 2 aromatic heterocycles. The molecule has 1 fully saturated rings. The number of aromatic nitrogens is 3. The number of ether oxygens (including phenoxy) is 2. The van der Waals surface area contributed by atoms with Gasteiger partial charge in [0.1, 0.15) is 5.69 Å². The van der Waals surface area contributed by atoms with Crippen molar-refractivity contribution in [1.82, 2.24) is 19.7 Å². The van der Waals surface area contributed by atoms with Crippen molar-refractivity contribution in [3.05, 3.63) is 68.3 Å². The van der Waals surface area contributed by atoms with Gasteiger partial charge in [0.25, 0.3) is 5.91 Å². The Morgan fingerprint density at radius 1 is 1.12 bits per heavy atom. The number of nitrogens with zero attached hydrogens (tertiary/aromatic N) is 4. The number of aromatic amines is 1. The fraction of sp³-hybridized carbons (Fsp3) is 0.348. The zero-order chi connectivity index (χ0) is 24.0. The van der Waals surface area contributed by atoms with Crippen LogP contribution in [0.1, 0.15) is 28.5 Å². The molecular weight excluding hydrogens is 442 g/mol. The number of rotatable bonds is 5. The molecule has 2 aliphatic heterocycles. The molecule has 11 nitrogen and oxygen atoms in total. The predicted octanol–water partition coefficient (Wildman–Crippen LogP) is 2.42. The van der Waals surface area contributed by atoms with Gasteiger partial charge in [-0.15, -0.1) is 0 Å². The van der Waals surface area contributed by atoms with Crippen LogP contribution in [0, 0.1) is 16.0 Å². The van der Waals surface area contributed by atoms with Gasteiger partial charge in [-0.3, -0.25) is 24.8 Å². The summed E-state index contributed by atoms with van der Waals surface area (Å²) < 4.78 is 12.1. The summed E-state index contributed by atoms with van der Waals surface area (Å²) in [6.45, 7) is 1.25. The van der Waals surface area contributed by atoms with E-state index in [-0.39, 0.29) is 17.7 Å². The number of nitrogens with one attached hydrogen (secondary N) is 1. The average molecular weight is 465 g/mol. The van der Waals surface area contributed by atoms with Crippen LogP contribution in [0.2, 0.25) is 0 Å². The highest BCUT2D eigenvalue weighted by Crippen LogP contribution is 2.36. The lowest BCUT2D eigenvalue weighted by atomic mass is 9.83. The molecule has 2 bridgehead atoms. The van der Waals surface area contributed by atoms with Crippen LogP contribution in [0.25, 0.3) is 11.3 Å². The molecule has 3 aromatic rings. The number of fused-ring (bicyclic) bond motifs is 4. The monoisotopic (exact) mass is 465 g/mol. The number of piperidine rings is 1. The number of benzene rings is 1. The van der Waals surface area contributed by atoms with Gasteiger partial charge in [0.15, 0.2) is 11.5 Å². The van der Waals surface area contributed by atoms with Crippen LogP contribution in [0.4, 0.5) is 5.69 Å². The van der Waals surface area contributed by atoms with E-state index in [0.717, 1.165) is 17.7 Å². The number of hydrogen-bond acceptors (Lipinski definition) is 7. The van der Waals surface area contributed by atoms with Gasteiger partial charge in [0.05, 0.1) is 24.8 Å². The van der Waals surface area contributed by atoms with Crippen molar-refractivity contribution in [2.24, 2.45) is 5.92 Å². The number of nitro groups is 1. The molecule has 2 aliphatic rings. The molecule has 1 amide bonds. The van der Waals surface area contributed by atoms with Gasteiger partial charge in [-0.2, -0.15) is 5.10 Å². The van der Waals surface area contributed by atoms with Gasteiger partial charge < -0.3 is 18.9 Å². The quantitative estimate of drug-likeness (QED) is 0.452. The van der Waals surface area contributed by atoms with E-state index in [0.29, 0.717) is 42.5 Å². The van der Waals surface area contributed by atoms with Crippen molar-refractivity contribution >= 4 is 11.6 Å². The highest BCUT2D eigenvalue weighted by Gasteiger charge is 2.38. The highest BCUT2D eigenvalue weighted by atomic mass is 16.6. The summed E-state index contributed by atoms with van der Waals surface area (Å²) in [4.78, 5) is 38.1. The molecule has 2 atom stereocenters. The van der Waals surface area contributed by atoms with Crippen LogP contribution < -0.4 is 15.0 Å². The van der Waals surface area contributed by atoms with Gasteiger partial charge in [-0.1, -0.05) is 0 Å². The molecule has 0 unspecified atom stereocenters. The Morgan fingerprint density at radius 3 is 2.65 bits per heavy atom. The SMILES string of the molecule is COc1ccc(-c2cc(C(=O)N3C[C@@H]4C[C@H](C3)c3ccc([N+](=O)[O-])c(=O)n3C4)[nH]n2)cc1OC. The third-order valence-electron chi connectivity index (χ3n) is 6.56. The Balaban J connectivity index is 1.38. The van der Waals surface area contributed by atoms with Gasteiger partial charge in [-0.05, 0) is 42.7 Å². The molecule has 0 radical (unpaired) electrons. The summed E-state index contributed by atoms with van der Waals surface area (Å²) in [6.07, 6.45) is 0.834. The van der Waals surface area contributed by atoms with Crippen LogP contribution in [-0.4, -0.2) is 57.8 Å². The Labute approximate surface area is 194 Å². The Hall–Kier alpha value is -4.15. The minimum absolute atomic E-state index is 0.0446.